The fourth-order valence-corrected chi connectivity index (χ4v) is 4.16. The number of carbonyl (C=O) groups excluding carboxylic acids is 4. The molecule has 0 aliphatic carbocycles. The first-order chi connectivity index (χ1) is 18.8. The van der Waals surface area contributed by atoms with E-state index in [1.807, 2.05) is 27.7 Å². The topological polar surface area (TPSA) is 153 Å². The van der Waals surface area contributed by atoms with Gasteiger partial charge in [-0.25, -0.2) is 0 Å². The number of benzene rings is 1. The summed E-state index contributed by atoms with van der Waals surface area (Å²) < 4.78 is 39.2. The maximum atomic E-state index is 12.1. The third-order valence-electron chi connectivity index (χ3n) is 6.92. The molecule has 5 atom stereocenters. The second-order valence-corrected chi connectivity index (χ2v) is 11.1. The first kappa shape index (κ1) is 34.0. The molecule has 12 nitrogen and oxygen atoms in total. The van der Waals surface area contributed by atoms with E-state index in [9.17, 15) is 24.3 Å². The average Bonchev–Trinajstić information content (AvgIpc) is 3.05. The lowest BCUT2D eigenvalue weighted by Gasteiger charge is -2.36. The summed E-state index contributed by atoms with van der Waals surface area (Å²) in [4.78, 5) is 47.5. The van der Waals surface area contributed by atoms with Gasteiger partial charge < -0.3 is 38.1 Å². The highest BCUT2D eigenvalue weighted by molar-refractivity contribution is 6.62. The van der Waals surface area contributed by atoms with Crippen molar-refractivity contribution >= 4 is 36.5 Å². The molecule has 0 spiro atoms. The molecule has 1 N–H and O–H groups in total. The largest absolute Gasteiger partial charge is 0.494 e. The number of esters is 4. The zero-order valence-electron chi connectivity index (χ0n) is 25.3. The van der Waals surface area contributed by atoms with E-state index < -0.39 is 72.7 Å². The molecule has 1 heterocycles. The van der Waals surface area contributed by atoms with Gasteiger partial charge in [-0.3, -0.25) is 19.2 Å². The Morgan fingerprint density at radius 3 is 1.78 bits per heavy atom. The van der Waals surface area contributed by atoms with Crippen LogP contribution in [-0.4, -0.2) is 78.5 Å². The summed E-state index contributed by atoms with van der Waals surface area (Å²) in [5.41, 5.74) is 0.254. The summed E-state index contributed by atoms with van der Waals surface area (Å²) >= 11 is 0. The number of ether oxygens (including phenoxy) is 5. The van der Waals surface area contributed by atoms with E-state index in [-0.39, 0.29) is 12.4 Å². The fraction of sp³-hybridized carbons (Fsp3) is 0.643. The molecule has 5 unspecified atom stereocenters. The van der Waals surface area contributed by atoms with Crippen molar-refractivity contribution in [3.8, 4) is 5.75 Å². The van der Waals surface area contributed by atoms with Crippen LogP contribution in [0.1, 0.15) is 67.9 Å². The Labute approximate surface area is 241 Å². The van der Waals surface area contributed by atoms with Gasteiger partial charge in [-0.1, -0.05) is 19.1 Å². The molecule has 1 fully saturated rings. The number of carbonyl (C=O) groups is 4. The number of rotatable bonds is 12. The maximum Gasteiger partial charge on any atom is 0.494 e. The van der Waals surface area contributed by atoms with E-state index in [2.05, 4.69) is 0 Å². The molecule has 0 saturated carbocycles. The summed E-state index contributed by atoms with van der Waals surface area (Å²) in [7, 11) is -0.622. The van der Waals surface area contributed by atoms with Crippen LogP contribution < -0.4 is 10.2 Å². The maximum absolute atomic E-state index is 12.1. The molecule has 13 heteroatoms. The third-order valence-corrected chi connectivity index (χ3v) is 6.92. The zero-order chi connectivity index (χ0) is 31.3. The lowest BCUT2D eigenvalue weighted by Crippen LogP contribution is -2.54. The van der Waals surface area contributed by atoms with Gasteiger partial charge in [-0.15, -0.1) is 0 Å². The zero-order valence-corrected chi connectivity index (χ0v) is 25.3. The highest BCUT2D eigenvalue weighted by Crippen LogP contribution is 2.37. The summed E-state index contributed by atoms with van der Waals surface area (Å²) in [6, 6.07) is 5.08. The number of aliphatic hydroxyl groups is 1. The van der Waals surface area contributed by atoms with Crippen LogP contribution in [0.5, 0.6) is 5.75 Å². The highest BCUT2D eigenvalue weighted by Gasteiger charge is 2.52. The predicted octanol–water partition coefficient (Wildman–Crippen LogP) is 1.99. The van der Waals surface area contributed by atoms with Crippen LogP contribution in [0.2, 0.25) is 0 Å². The van der Waals surface area contributed by atoms with E-state index in [0.717, 1.165) is 26.2 Å². The number of hydrogen-bond acceptors (Lipinski definition) is 12. The van der Waals surface area contributed by atoms with Crippen molar-refractivity contribution < 1.29 is 57.3 Å². The summed E-state index contributed by atoms with van der Waals surface area (Å²) in [5.74, 6) is -3.46. The van der Waals surface area contributed by atoms with Gasteiger partial charge in [-0.05, 0) is 51.7 Å². The monoisotopic (exact) mass is 580 g/mol. The Kier molecular flexibility index (Phi) is 11.4. The van der Waals surface area contributed by atoms with Crippen LogP contribution in [0, 0.1) is 12.8 Å². The van der Waals surface area contributed by atoms with Crippen LogP contribution >= 0.6 is 0 Å². The summed E-state index contributed by atoms with van der Waals surface area (Å²) in [6.07, 6.45) is -6.32. The molecule has 1 aliphatic heterocycles. The van der Waals surface area contributed by atoms with Gasteiger partial charge >= 0.3 is 31.0 Å². The van der Waals surface area contributed by atoms with Gasteiger partial charge in [0.15, 0.2) is 6.10 Å². The molecule has 1 aromatic rings. The van der Waals surface area contributed by atoms with Crippen molar-refractivity contribution in [2.24, 2.45) is 5.92 Å². The molecule has 1 aliphatic rings. The number of aryl methyl sites for hydroxylation is 1. The smallest absolute Gasteiger partial charge is 0.465 e. The molecular formula is C28H41BO12. The molecule has 0 aromatic heterocycles. The minimum atomic E-state index is -1.87. The Morgan fingerprint density at radius 1 is 0.829 bits per heavy atom. The molecule has 0 amide bonds. The Hall–Kier alpha value is -3.16. The van der Waals surface area contributed by atoms with E-state index >= 15 is 0 Å². The van der Waals surface area contributed by atoms with Gasteiger partial charge in [0.25, 0.3) is 0 Å². The molecule has 2 rings (SSSR count). The highest BCUT2D eigenvalue weighted by atomic mass is 16.7. The number of aliphatic hydroxyl groups excluding tert-OH is 1. The first-order valence-electron chi connectivity index (χ1n) is 13.3. The average molecular weight is 580 g/mol. The molecule has 1 aromatic carbocycles. The Balaban J connectivity index is 2.39. The van der Waals surface area contributed by atoms with Crippen molar-refractivity contribution in [3.63, 3.8) is 0 Å². The quantitative estimate of drug-likeness (QED) is 0.167. The number of hydrogen-bond donors (Lipinski definition) is 1. The van der Waals surface area contributed by atoms with Crippen molar-refractivity contribution in [3.05, 3.63) is 23.8 Å². The lowest BCUT2D eigenvalue weighted by molar-refractivity contribution is -0.216. The van der Waals surface area contributed by atoms with Crippen LogP contribution in [0.25, 0.3) is 0 Å². The van der Waals surface area contributed by atoms with Crippen LogP contribution in [0.3, 0.4) is 0 Å². The van der Waals surface area contributed by atoms with E-state index in [1.165, 1.54) is 6.92 Å². The Bertz CT molecular complexity index is 1100. The van der Waals surface area contributed by atoms with Crippen molar-refractivity contribution in [2.75, 3.05) is 6.61 Å². The predicted molar refractivity (Wildman–Crippen MR) is 146 cm³/mol. The molecule has 0 radical (unpaired) electrons. The van der Waals surface area contributed by atoms with Crippen LogP contribution in [-0.2, 0) is 47.4 Å². The standard InChI is InChI=1S/C28H41BO12/c1-15-13-21(29-40-27(7,8)28(9,10)41-29)11-12-22(15)39-26(34)25(38-20(6)33)24(37-19(5)32)23(36-18(4)31)16(2)14-35-17(3)30/h11-13,16,23-26,34H,14H2,1-10H3. The van der Waals surface area contributed by atoms with Crippen molar-refractivity contribution in [1.82, 2.24) is 0 Å². The summed E-state index contributed by atoms with van der Waals surface area (Å²) in [6.45, 7) is 15.4. The molecule has 41 heavy (non-hydrogen) atoms. The van der Waals surface area contributed by atoms with Crippen LogP contribution in [0.15, 0.2) is 18.2 Å². The molecule has 0 bridgehead atoms. The molecular weight excluding hydrogens is 539 g/mol. The van der Waals surface area contributed by atoms with Gasteiger partial charge in [0.1, 0.15) is 11.9 Å². The van der Waals surface area contributed by atoms with Crippen LogP contribution in [0.4, 0.5) is 0 Å². The molecule has 228 valence electrons. The Morgan fingerprint density at radius 2 is 1.32 bits per heavy atom. The van der Waals surface area contributed by atoms with Crippen molar-refractivity contribution in [2.45, 2.75) is 105 Å². The van der Waals surface area contributed by atoms with E-state index in [4.69, 9.17) is 33.0 Å². The van der Waals surface area contributed by atoms with Gasteiger partial charge in [0, 0.05) is 33.6 Å². The first-order valence-corrected chi connectivity index (χ1v) is 13.3. The normalized spacial score (nSPS) is 19.2. The minimum absolute atomic E-state index is 0.214. The SMILES string of the molecule is CC(=O)OCC(C)C(OC(C)=O)C(OC(C)=O)C(OC(C)=O)C(O)Oc1ccc(B2OC(C)(C)C(C)(C)O2)cc1C. The van der Waals surface area contributed by atoms with Gasteiger partial charge in [0.2, 0.25) is 12.4 Å². The van der Waals surface area contributed by atoms with Gasteiger partial charge in [0.05, 0.1) is 17.8 Å². The van der Waals surface area contributed by atoms with Gasteiger partial charge in [-0.2, -0.15) is 0 Å². The second-order valence-electron chi connectivity index (χ2n) is 11.1. The molecule has 1 saturated heterocycles. The second kappa shape index (κ2) is 13.7. The van der Waals surface area contributed by atoms with E-state index in [0.29, 0.717) is 5.56 Å². The van der Waals surface area contributed by atoms with E-state index in [1.54, 1.807) is 32.0 Å². The third kappa shape index (κ3) is 9.17. The summed E-state index contributed by atoms with van der Waals surface area (Å²) in [5, 5.41) is 11.2. The minimum Gasteiger partial charge on any atom is -0.465 e. The lowest BCUT2D eigenvalue weighted by atomic mass is 9.78. The van der Waals surface area contributed by atoms with Crippen molar-refractivity contribution in [1.29, 1.82) is 0 Å². The fourth-order valence-electron chi connectivity index (χ4n) is 4.16.